The van der Waals surface area contributed by atoms with Crippen LogP contribution in [0.15, 0.2) is 12.1 Å². The molecule has 2 heterocycles. The Balaban J connectivity index is 2.17. The second-order valence-electron chi connectivity index (χ2n) is 5.57. The third kappa shape index (κ3) is 2.45. The van der Waals surface area contributed by atoms with Crippen molar-refractivity contribution in [1.82, 2.24) is 14.5 Å². The van der Waals surface area contributed by atoms with E-state index in [0.717, 1.165) is 38.3 Å². The van der Waals surface area contributed by atoms with E-state index in [1.807, 2.05) is 11.8 Å². The Morgan fingerprint density at radius 1 is 1.14 bits per heavy atom. The molecule has 3 rings (SSSR count). The van der Waals surface area contributed by atoms with E-state index < -0.39 is 11.6 Å². The minimum absolute atomic E-state index is 0.241. The van der Waals surface area contributed by atoms with Crippen molar-refractivity contribution in [2.24, 2.45) is 0 Å². The second-order valence-corrected chi connectivity index (χ2v) is 5.57. The number of rotatable bonds is 2. The highest BCUT2D eigenvalue weighted by Gasteiger charge is 2.19. The maximum Gasteiger partial charge on any atom is 0.172 e. The molecule has 22 heavy (non-hydrogen) atoms. The summed E-state index contributed by atoms with van der Waals surface area (Å²) in [6.07, 6.45) is 0. The molecule has 1 N–H and O–H groups in total. The highest BCUT2D eigenvalue weighted by atomic mass is 19.2. The zero-order valence-electron chi connectivity index (χ0n) is 12.7. The molecule has 5 nitrogen and oxygen atoms in total. The van der Waals surface area contributed by atoms with Gasteiger partial charge >= 0.3 is 0 Å². The molecule has 1 aliphatic heterocycles. The maximum absolute atomic E-state index is 13.5. The van der Waals surface area contributed by atoms with Crippen molar-refractivity contribution < 1.29 is 8.78 Å². The second kappa shape index (κ2) is 5.64. The molecule has 2 aromatic rings. The van der Waals surface area contributed by atoms with Crippen molar-refractivity contribution in [2.45, 2.75) is 13.5 Å². The van der Waals surface area contributed by atoms with E-state index in [9.17, 15) is 8.78 Å². The number of hydrogen-bond acceptors (Lipinski definition) is 4. The van der Waals surface area contributed by atoms with Crippen molar-refractivity contribution in [1.29, 1.82) is 5.41 Å². The summed E-state index contributed by atoms with van der Waals surface area (Å²) in [7, 11) is 2.05. The van der Waals surface area contributed by atoms with Crippen molar-refractivity contribution in [3.05, 3.63) is 29.3 Å². The van der Waals surface area contributed by atoms with Gasteiger partial charge in [0.25, 0.3) is 0 Å². The van der Waals surface area contributed by atoms with Gasteiger partial charge in [-0.05, 0) is 14.0 Å². The van der Waals surface area contributed by atoms with Gasteiger partial charge in [-0.25, -0.2) is 13.8 Å². The molecule has 0 radical (unpaired) electrons. The molecule has 0 aliphatic carbocycles. The van der Waals surface area contributed by atoms with E-state index in [-0.39, 0.29) is 5.49 Å². The Labute approximate surface area is 127 Å². The molecule has 0 bridgehead atoms. The van der Waals surface area contributed by atoms with Gasteiger partial charge < -0.3 is 14.4 Å². The van der Waals surface area contributed by atoms with E-state index in [0.29, 0.717) is 23.4 Å². The molecule has 1 aromatic heterocycles. The lowest BCUT2D eigenvalue weighted by Crippen LogP contribution is -2.47. The van der Waals surface area contributed by atoms with E-state index in [2.05, 4.69) is 16.9 Å². The largest absolute Gasteiger partial charge is 0.351 e. The van der Waals surface area contributed by atoms with Gasteiger partial charge in [-0.2, -0.15) is 0 Å². The number of benzene rings is 1. The molecule has 0 spiro atoms. The molecule has 1 aromatic carbocycles. The van der Waals surface area contributed by atoms with Crippen LogP contribution in [0.2, 0.25) is 0 Å². The van der Waals surface area contributed by atoms with Gasteiger partial charge in [0.1, 0.15) is 0 Å². The fraction of sp³-hybridized carbons (Fsp3) is 0.467. The fourth-order valence-corrected chi connectivity index (χ4v) is 2.81. The van der Waals surface area contributed by atoms with Crippen LogP contribution in [-0.2, 0) is 6.54 Å². The predicted molar refractivity (Wildman–Crippen MR) is 80.9 cm³/mol. The standard InChI is InChI=1S/C15H19F2N5/c1-3-22-13-9-11(17)10(16)8-12(13)19-15(14(22)18)21-6-4-20(2)5-7-21/h8-9,18H,3-7H2,1-2H3. The monoisotopic (exact) mass is 307 g/mol. The Kier molecular flexibility index (Phi) is 3.82. The fourth-order valence-electron chi connectivity index (χ4n) is 2.81. The Morgan fingerprint density at radius 3 is 2.41 bits per heavy atom. The van der Waals surface area contributed by atoms with Gasteiger partial charge in [0.05, 0.1) is 11.0 Å². The summed E-state index contributed by atoms with van der Waals surface area (Å²) in [4.78, 5) is 8.68. The van der Waals surface area contributed by atoms with Crippen LogP contribution < -0.4 is 10.4 Å². The molecule has 1 fully saturated rings. The quantitative estimate of drug-likeness (QED) is 0.916. The summed E-state index contributed by atoms with van der Waals surface area (Å²) in [5.41, 5.74) is 1.07. The summed E-state index contributed by atoms with van der Waals surface area (Å²) < 4.78 is 28.7. The first-order valence-corrected chi connectivity index (χ1v) is 7.39. The number of nitrogens with one attached hydrogen (secondary N) is 1. The van der Waals surface area contributed by atoms with Crippen molar-refractivity contribution in [2.75, 3.05) is 38.1 Å². The van der Waals surface area contributed by atoms with Crippen LogP contribution in [0.5, 0.6) is 0 Å². The normalized spacial score (nSPS) is 16.5. The summed E-state index contributed by atoms with van der Waals surface area (Å²) in [6, 6.07) is 2.23. The van der Waals surface area contributed by atoms with Gasteiger partial charge in [-0.1, -0.05) is 0 Å². The third-order valence-electron chi connectivity index (χ3n) is 4.14. The molecule has 1 saturated heterocycles. The van der Waals surface area contributed by atoms with Crippen LogP contribution in [0, 0.1) is 17.0 Å². The van der Waals surface area contributed by atoms with Crippen LogP contribution >= 0.6 is 0 Å². The zero-order valence-corrected chi connectivity index (χ0v) is 12.7. The van der Waals surface area contributed by atoms with Crippen LogP contribution in [0.1, 0.15) is 6.92 Å². The zero-order chi connectivity index (χ0) is 15.9. The van der Waals surface area contributed by atoms with Crippen molar-refractivity contribution in [3.8, 4) is 0 Å². The topological polar surface area (TPSA) is 48.2 Å². The lowest BCUT2D eigenvalue weighted by Gasteiger charge is -2.33. The minimum Gasteiger partial charge on any atom is -0.351 e. The highest BCUT2D eigenvalue weighted by Crippen LogP contribution is 2.19. The first-order valence-electron chi connectivity index (χ1n) is 7.39. The van der Waals surface area contributed by atoms with Crippen LogP contribution in [0.25, 0.3) is 11.0 Å². The SMILES string of the molecule is CCn1c(=N)c(N2CCN(C)CC2)nc2cc(F)c(F)cc21. The number of fused-ring (bicyclic) bond motifs is 1. The molecule has 7 heteroatoms. The van der Waals surface area contributed by atoms with E-state index in [1.54, 1.807) is 4.57 Å². The number of aryl methyl sites for hydroxylation is 1. The highest BCUT2D eigenvalue weighted by molar-refractivity contribution is 5.76. The summed E-state index contributed by atoms with van der Waals surface area (Å²) >= 11 is 0. The van der Waals surface area contributed by atoms with Gasteiger partial charge in [-0.15, -0.1) is 0 Å². The van der Waals surface area contributed by atoms with Crippen molar-refractivity contribution >= 4 is 16.9 Å². The number of anilines is 1. The third-order valence-corrected chi connectivity index (χ3v) is 4.14. The van der Waals surface area contributed by atoms with E-state index in [1.165, 1.54) is 0 Å². The first-order chi connectivity index (χ1) is 10.5. The summed E-state index contributed by atoms with van der Waals surface area (Å²) in [6.45, 7) is 5.71. The first kappa shape index (κ1) is 14.9. The average molecular weight is 307 g/mol. The maximum atomic E-state index is 13.5. The smallest absolute Gasteiger partial charge is 0.172 e. The number of nitrogens with zero attached hydrogens (tertiary/aromatic N) is 4. The van der Waals surface area contributed by atoms with Gasteiger partial charge in [0.2, 0.25) is 0 Å². The molecule has 0 unspecified atom stereocenters. The number of piperazine rings is 1. The summed E-state index contributed by atoms with van der Waals surface area (Å²) in [5.74, 6) is -1.29. The Bertz CT molecular complexity index is 763. The molecular formula is C15H19F2N5. The average Bonchev–Trinajstić information content (AvgIpc) is 2.50. The molecule has 1 aliphatic rings. The van der Waals surface area contributed by atoms with Gasteiger partial charge in [0.15, 0.2) is 22.9 Å². The molecule has 0 saturated carbocycles. The predicted octanol–water partition coefficient (Wildman–Crippen LogP) is 1.57. The van der Waals surface area contributed by atoms with Gasteiger partial charge in [0, 0.05) is 44.9 Å². The molecular weight excluding hydrogens is 288 g/mol. The minimum atomic E-state index is -0.914. The Morgan fingerprint density at radius 2 is 1.77 bits per heavy atom. The van der Waals surface area contributed by atoms with E-state index in [4.69, 9.17) is 5.41 Å². The van der Waals surface area contributed by atoms with Crippen molar-refractivity contribution in [3.63, 3.8) is 0 Å². The molecule has 0 atom stereocenters. The van der Waals surface area contributed by atoms with E-state index >= 15 is 0 Å². The number of halogens is 2. The Hall–Kier alpha value is -2.02. The molecule has 118 valence electrons. The van der Waals surface area contributed by atoms with Gasteiger partial charge in [-0.3, -0.25) is 5.41 Å². The number of aromatic nitrogens is 2. The number of likely N-dealkylation sites (N-methyl/N-ethyl adjacent to an activating group) is 1. The lowest BCUT2D eigenvalue weighted by atomic mass is 10.2. The number of hydrogen-bond donors (Lipinski definition) is 1. The van der Waals surface area contributed by atoms with Crippen LogP contribution in [-0.4, -0.2) is 47.7 Å². The molecule has 0 amide bonds. The van der Waals surface area contributed by atoms with Crippen LogP contribution in [0.3, 0.4) is 0 Å². The lowest BCUT2D eigenvalue weighted by molar-refractivity contribution is 0.311. The van der Waals surface area contributed by atoms with Crippen LogP contribution in [0.4, 0.5) is 14.6 Å². The summed E-state index contributed by atoms with van der Waals surface area (Å²) in [5, 5.41) is 8.37.